The summed E-state index contributed by atoms with van der Waals surface area (Å²) in [7, 11) is 9.42. The molecule has 2 N–H and O–H groups in total. The fourth-order valence-corrected chi connectivity index (χ4v) is 5.40. The molecular formula is C38H52N4O8. The minimum atomic E-state index is -0.126. The standard InChI is InChI=1S/C38H52N4O8/c1-45-31-25-29(26-32(46-2)37(31)49-5)13-7-9-15-35(43)39-17-11-19-41-21-23-42(24-22-41)20-12-18-40-36(44)16-10-8-14-30-27-33(47-3)38(50-6)34(28-30)48-4/h7-10,13-16,25-28H,11-12,17-24H2,1-6H3,(H,39,43)(H,40,44)/b13-7+,14-8+,15-9+,16-10+. The Balaban J connectivity index is 1.25. The molecule has 3 rings (SSSR count). The first kappa shape index (κ1) is 39.5. The van der Waals surface area contributed by atoms with Gasteiger partial charge in [0, 0.05) is 51.4 Å². The van der Waals surface area contributed by atoms with E-state index in [1.165, 1.54) is 12.2 Å². The monoisotopic (exact) mass is 692 g/mol. The molecule has 1 saturated heterocycles. The summed E-state index contributed by atoms with van der Waals surface area (Å²) < 4.78 is 32.2. The van der Waals surface area contributed by atoms with Crippen molar-refractivity contribution in [1.82, 2.24) is 20.4 Å². The highest BCUT2D eigenvalue weighted by molar-refractivity contribution is 5.88. The number of amides is 2. The van der Waals surface area contributed by atoms with E-state index in [0.717, 1.165) is 63.2 Å². The first-order chi connectivity index (χ1) is 24.3. The van der Waals surface area contributed by atoms with Crippen molar-refractivity contribution in [3.05, 3.63) is 71.8 Å². The first-order valence-electron chi connectivity index (χ1n) is 16.7. The quantitative estimate of drug-likeness (QED) is 0.119. The van der Waals surface area contributed by atoms with Crippen LogP contribution in [-0.2, 0) is 9.59 Å². The number of carbonyl (C=O) groups excluding carboxylic acids is 2. The molecule has 0 aromatic heterocycles. The first-order valence-corrected chi connectivity index (χ1v) is 16.7. The van der Waals surface area contributed by atoms with Gasteiger partial charge in [-0.05, 0) is 61.3 Å². The number of carbonyl (C=O) groups is 2. The van der Waals surface area contributed by atoms with Gasteiger partial charge in [0.05, 0.1) is 42.7 Å². The van der Waals surface area contributed by atoms with Crippen LogP contribution in [0.1, 0.15) is 24.0 Å². The van der Waals surface area contributed by atoms with E-state index < -0.39 is 0 Å². The molecule has 0 radical (unpaired) electrons. The lowest BCUT2D eigenvalue weighted by molar-refractivity contribution is -0.117. The number of nitrogens with zero attached hydrogens (tertiary/aromatic N) is 2. The van der Waals surface area contributed by atoms with Crippen LogP contribution in [0.25, 0.3) is 12.2 Å². The second kappa shape index (κ2) is 21.9. The lowest BCUT2D eigenvalue weighted by Gasteiger charge is -2.34. The minimum Gasteiger partial charge on any atom is -0.493 e. The normalized spacial score (nSPS) is 14.0. The molecule has 2 amide bonds. The lowest BCUT2D eigenvalue weighted by Crippen LogP contribution is -2.47. The molecule has 0 bridgehead atoms. The van der Waals surface area contributed by atoms with Gasteiger partial charge in [-0.3, -0.25) is 9.59 Å². The van der Waals surface area contributed by atoms with Crippen LogP contribution >= 0.6 is 0 Å². The Labute approximate surface area is 296 Å². The van der Waals surface area contributed by atoms with Gasteiger partial charge in [0.25, 0.3) is 0 Å². The molecule has 1 heterocycles. The molecule has 50 heavy (non-hydrogen) atoms. The van der Waals surface area contributed by atoms with E-state index >= 15 is 0 Å². The van der Waals surface area contributed by atoms with Gasteiger partial charge in [0.1, 0.15) is 0 Å². The molecule has 0 unspecified atom stereocenters. The summed E-state index contributed by atoms with van der Waals surface area (Å²) in [6, 6.07) is 7.36. The molecule has 0 aliphatic carbocycles. The molecule has 1 aliphatic rings. The Morgan fingerprint density at radius 1 is 0.560 bits per heavy atom. The number of nitrogens with one attached hydrogen (secondary N) is 2. The molecule has 1 aliphatic heterocycles. The topological polar surface area (TPSA) is 120 Å². The fraction of sp³-hybridized carbons (Fsp3) is 0.421. The smallest absolute Gasteiger partial charge is 0.243 e. The molecule has 272 valence electrons. The number of hydrogen-bond acceptors (Lipinski definition) is 10. The maximum Gasteiger partial charge on any atom is 0.243 e. The predicted molar refractivity (Wildman–Crippen MR) is 197 cm³/mol. The SMILES string of the molecule is COc1cc(/C=C/C=C/C(=O)NCCCN2CCN(CCCNC(=O)/C=C/C=C/c3cc(OC)c(OC)c(OC)c3)CC2)cc(OC)c1OC. The van der Waals surface area contributed by atoms with Crippen LogP contribution in [0.2, 0.25) is 0 Å². The van der Waals surface area contributed by atoms with Crippen molar-refractivity contribution in [2.24, 2.45) is 0 Å². The highest BCUT2D eigenvalue weighted by Crippen LogP contribution is 2.39. The van der Waals surface area contributed by atoms with E-state index in [1.54, 1.807) is 67.0 Å². The molecule has 2 aromatic rings. The molecule has 12 heteroatoms. The van der Waals surface area contributed by atoms with Crippen LogP contribution in [-0.4, -0.2) is 117 Å². The summed E-state index contributed by atoms with van der Waals surface area (Å²) >= 11 is 0. The van der Waals surface area contributed by atoms with E-state index in [-0.39, 0.29) is 11.8 Å². The van der Waals surface area contributed by atoms with Gasteiger partial charge in [-0.15, -0.1) is 0 Å². The summed E-state index contributed by atoms with van der Waals surface area (Å²) in [4.78, 5) is 29.3. The maximum absolute atomic E-state index is 12.2. The van der Waals surface area contributed by atoms with E-state index in [1.807, 2.05) is 36.4 Å². The second-order valence-electron chi connectivity index (χ2n) is 11.3. The van der Waals surface area contributed by atoms with Crippen molar-refractivity contribution in [2.75, 3.05) is 95.0 Å². The van der Waals surface area contributed by atoms with Crippen LogP contribution in [0.15, 0.2) is 60.7 Å². The van der Waals surface area contributed by atoms with Crippen molar-refractivity contribution in [2.45, 2.75) is 12.8 Å². The number of ether oxygens (including phenoxy) is 6. The van der Waals surface area contributed by atoms with Crippen molar-refractivity contribution in [1.29, 1.82) is 0 Å². The van der Waals surface area contributed by atoms with Gasteiger partial charge in [0.2, 0.25) is 23.3 Å². The number of piperazine rings is 1. The van der Waals surface area contributed by atoms with Crippen molar-refractivity contribution < 1.29 is 38.0 Å². The third-order valence-corrected chi connectivity index (χ3v) is 8.03. The molecular weight excluding hydrogens is 640 g/mol. The third-order valence-electron chi connectivity index (χ3n) is 8.03. The van der Waals surface area contributed by atoms with E-state index in [9.17, 15) is 9.59 Å². The summed E-state index contributed by atoms with van der Waals surface area (Å²) in [5.41, 5.74) is 1.72. The van der Waals surface area contributed by atoms with E-state index in [2.05, 4.69) is 20.4 Å². The zero-order valence-electron chi connectivity index (χ0n) is 30.2. The maximum atomic E-state index is 12.2. The number of hydrogen-bond donors (Lipinski definition) is 2. The Kier molecular flexibility index (Phi) is 17.3. The molecule has 0 saturated carbocycles. The number of allylic oxidation sites excluding steroid dienone is 4. The summed E-state index contributed by atoms with van der Waals surface area (Å²) in [5.74, 6) is 3.10. The third kappa shape index (κ3) is 12.8. The average Bonchev–Trinajstić information content (AvgIpc) is 3.14. The zero-order valence-corrected chi connectivity index (χ0v) is 30.2. The van der Waals surface area contributed by atoms with Gasteiger partial charge in [-0.2, -0.15) is 0 Å². The molecule has 0 spiro atoms. The van der Waals surface area contributed by atoms with Crippen molar-refractivity contribution in [3.8, 4) is 34.5 Å². The second-order valence-corrected chi connectivity index (χ2v) is 11.3. The van der Waals surface area contributed by atoms with Gasteiger partial charge in [-0.25, -0.2) is 0 Å². The van der Waals surface area contributed by atoms with Crippen LogP contribution in [0, 0.1) is 0 Å². The highest BCUT2D eigenvalue weighted by Gasteiger charge is 2.16. The van der Waals surface area contributed by atoms with Gasteiger partial charge in [0.15, 0.2) is 23.0 Å². The lowest BCUT2D eigenvalue weighted by atomic mass is 10.1. The highest BCUT2D eigenvalue weighted by atomic mass is 16.5. The minimum absolute atomic E-state index is 0.126. The number of rotatable bonds is 20. The fourth-order valence-electron chi connectivity index (χ4n) is 5.40. The summed E-state index contributed by atoms with van der Waals surface area (Å²) in [6.07, 6.45) is 15.5. The molecule has 12 nitrogen and oxygen atoms in total. The van der Waals surface area contributed by atoms with Gasteiger partial charge >= 0.3 is 0 Å². The largest absolute Gasteiger partial charge is 0.493 e. The zero-order chi connectivity index (χ0) is 36.1. The van der Waals surface area contributed by atoms with Gasteiger partial charge in [-0.1, -0.05) is 36.5 Å². The van der Waals surface area contributed by atoms with Gasteiger partial charge < -0.3 is 48.9 Å². The molecule has 1 fully saturated rings. The van der Waals surface area contributed by atoms with Crippen molar-refractivity contribution >= 4 is 24.0 Å². The van der Waals surface area contributed by atoms with Crippen LogP contribution < -0.4 is 39.1 Å². The van der Waals surface area contributed by atoms with Crippen LogP contribution in [0.5, 0.6) is 34.5 Å². The molecule has 2 aromatic carbocycles. The average molecular weight is 693 g/mol. The van der Waals surface area contributed by atoms with Crippen molar-refractivity contribution in [3.63, 3.8) is 0 Å². The summed E-state index contributed by atoms with van der Waals surface area (Å²) in [6.45, 7) is 7.09. The van der Waals surface area contributed by atoms with E-state index in [4.69, 9.17) is 28.4 Å². The summed E-state index contributed by atoms with van der Waals surface area (Å²) in [5, 5.41) is 5.90. The van der Waals surface area contributed by atoms with Crippen LogP contribution in [0.3, 0.4) is 0 Å². The Morgan fingerprint density at radius 3 is 1.20 bits per heavy atom. The number of benzene rings is 2. The molecule has 0 atom stereocenters. The number of methoxy groups -OCH3 is 6. The van der Waals surface area contributed by atoms with Crippen LogP contribution in [0.4, 0.5) is 0 Å². The Morgan fingerprint density at radius 2 is 0.900 bits per heavy atom. The Hall–Kier alpha value is -4.94. The predicted octanol–water partition coefficient (Wildman–Crippen LogP) is 4.21. The Bertz CT molecular complexity index is 1330. The van der Waals surface area contributed by atoms with E-state index in [0.29, 0.717) is 47.6 Å².